The highest BCUT2D eigenvalue weighted by Crippen LogP contribution is 2.21. The standard InChI is InChI=1S/C19H25N5O2S/c1-13(18(25)21-14-6-7-14)23-8-10-24(11-9-23)19(26)20-12-17-22-15-4-2-3-5-16(15)27-17/h2-5,13-14H,6-12H2,1H3,(H,20,26)(H,21,25). The van der Waals surface area contributed by atoms with Crippen molar-refractivity contribution in [1.82, 2.24) is 25.4 Å². The molecule has 1 unspecified atom stereocenters. The number of benzene rings is 1. The van der Waals surface area contributed by atoms with Gasteiger partial charge in [-0.2, -0.15) is 0 Å². The van der Waals surface area contributed by atoms with Crippen LogP contribution in [-0.4, -0.2) is 65.0 Å². The minimum absolute atomic E-state index is 0.0657. The number of nitrogens with one attached hydrogen (secondary N) is 2. The number of hydrogen-bond donors (Lipinski definition) is 2. The number of aromatic nitrogens is 1. The van der Waals surface area contributed by atoms with Gasteiger partial charge in [0.15, 0.2) is 0 Å². The van der Waals surface area contributed by atoms with Gasteiger partial charge in [0.1, 0.15) is 5.01 Å². The summed E-state index contributed by atoms with van der Waals surface area (Å²) in [4.78, 5) is 33.1. The van der Waals surface area contributed by atoms with E-state index in [1.54, 1.807) is 11.3 Å². The molecule has 8 heteroatoms. The number of hydrogen-bond acceptors (Lipinski definition) is 5. The summed E-state index contributed by atoms with van der Waals surface area (Å²) >= 11 is 1.61. The Morgan fingerprint density at radius 1 is 1.22 bits per heavy atom. The maximum atomic E-state index is 12.4. The molecular formula is C19H25N5O2S. The smallest absolute Gasteiger partial charge is 0.317 e. The quantitative estimate of drug-likeness (QED) is 0.820. The zero-order valence-corrected chi connectivity index (χ0v) is 16.3. The fourth-order valence-corrected chi connectivity index (χ4v) is 4.19. The molecule has 4 rings (SSSR count). The van der Waals surface area contributed by atoms with Crippen molar-refractivity contribution in [2.24, 2.45) is 0 Å². The van der Waals surface area contributed by atoms with E-state index in [1.165, 1.54) is 0 Å². The van der Waals surface area contributed by atoms with Gasteiger partial charge in [0.05, 0.1) is 22.8 Å². The van der Waals surface area contributed by atoms with Crippen LogP contribution >= 0.6 is 11.3 Å². The number of fused-ring (bicyclic) bond motifs is 1. The molecule has 2 fully saturated rings. The van der Waals surface area contributed by atoms with Crippen LogP contribution < -0.4 is 10.6 Å². The van der Waals surface area contributed by atoms with Crippen molar-refractivity contribution >= 4 is 33.5 Å². The van der Waals surface area contributed by atoms with E-state index < -0.39 is 0 Å². The lowest BCUT2D eigenvalue weighted by Crippen LogP contribution is -2.56. The molecule has 2 N–H and O–H groups in total. The molecule has 2 aliphatic rings. The molecule has 0 spiro atoms. The summed E-state index contributed by atoms with van der Waals surface area (Å²) in [6, 6.07) is 8.16. The van der Waals surface area contributed by atoms with Crippen LogP contribution in [0.5, 0.6) is 0 Å². The molecule has 1 atom stereocenters. The topological polar surface area (TPSA) is 77.6 Å². The fourth-order valence-electron chi connectivity index (χ4n) is 3.29. The van der Waals surface area contributed by atoms with Crippen LogP contribution in [0.3, 0.4) is 0 Å². The second-order valence-corrected chi connectivity index (χ2v) is 8.33. The van der Waals surface area contributed by atoms with Crippen LogP contribution in [0.1, 0.15) is 24.8 Å². The summed E-state index contributed by atoms with van der Waals surface area (Å²) in [5.74, 6) is 0.103. The zero-order chi connectivity index (χ0) is 18.8. The molecule has 2 aromatic rings. The summed E-state index contributed by atoms with van der Waals surface area (Å²) in [6.45, 7) is 5.08. The number of nitrogens with zero attached hydrogens (tertiary/aromatic N) is 3. The monoisotopic (exact) mass is 387 g/mol. The average Bonchev–Trinajstić information content (AvgIpc) is 3.41. The van der Waals surface area contributed by atoms with Crippen molar-refractivity contribution in [1.29, 1.82) is 0 Å². The first kappa shape index (κ1) is 18.2. The molecule has 1 aliphatic carbocycles. The maximum absolute atomic E-state index is 12.4. The minimum Gasteiger partial charge on any atom is -0.352 e. The van der Waals surface area contributed by atoms with Gasteiger partial charge in [0, 0.05) is 32.2 Å². The Labute approximate surface area is 162 Å². The maximum Gasteiger partial charge on any atom is 0.317 e. The van der Waals surface area contributed by atoms with E-state index in [9.17, 15) is 9.59 Å². The first-order valence-corrected chi connectivity index (χ1v) is 10.3. The fraction of sp³-hybridized carbons (Fsp3) is 0.526. The predicted molar refractivity (Wildman–Crippen MR) is 106 cm³/mol. The van der Waals surface area contributed by atoms with Gasteiger partial charge in [0.25, 0.3) is 0 Å². The summed E-state index contributed by atoms with van der Waals surface area (Å²) in [7, 11) is 0. The van der Waals surface area contributed by atoms with E-state index in [2.05, 4.69) is 20.5 Å². The van der Waals surface area contributed by atoms with Crippen molar-refractivity contribution in [3.63, 3.8) is 0 Å². The number of carbonyl (C=O) groups excluding carboxylic acids is 2. The van der Waals surface area contributed by atoms with Gasteiger partial charge in [-0.15, -0.1) is 11.3 Å². The van der Waals surface area contributed by atoms with Gasteiger partial charge in [0.2, 0.25) is 5.91 Å². The van der Waals surface area contributed by atoms with Crippen LogP contribution in [0, 0.1) is 0 Å². The molecule has 1 saturated heterocycles. The Hall–Kier alpha value is -2.19. The van der Waals surface area contributed by atoms with Gasteiger partial charge < -0.3 is 15.5 Å². The van der Waals surface area contributed by atoms with Crippen molar-refractivity contribution in [2.75, 3.05) is 26.2 Å². The van der Waals surface area contributed by atoms with E-state index in [4.69, 9.17) is 0 Å². The number of thiazole rings is 1. The third kappa shape index (κ3) is 4.39. The Kier molecular flexibility index (Phi) is 5.27. The number of para-hydroxylation sites is 1. The molecule has 7 nitrogen and oxygen atoms in total. The van der Waals surface area contributed by atoms with Gasteiger partial charge in [-0.05, 0) is 31.9 Å². The van der Waals surface area contributed by atoms with Crippen LogP contribution in [0.25, 0.3) is 10.2 Å². The highest BCUT2D eigenvalue weighted by molar-refractivity contribution is 7.18. The number of piperazine rings is 1. The van der Waals surface area contributed by atoms with Crippen LogP contribution in [0.4, 0.5) is 4.79 Å². The molecule has 27 heavy (non-hydrogen) atoms. The van der Waals surface area contributed by atoms with E-state index in [1.807, 2.05) is 36.1 Å². The molecular weight excluding hydrogens is 362 g/mol. The first-order chi connectivity index (χ1) is 13.1. The van der Waals surface area contributed by atoms with Crippen molar-refractivity contribution in [3.05, 3.63) is 29.3 Å². The van der Waals surface area contributed by atoms with E-state index in [0.29, 0.717) is 38.8 Å². The van der Waals surface area contributed by atoms with Crippen molar-refractivity contribution in [2.45, 2.75) is 38.4 Å². The number of amides is 3. The molecule has 1 aromatic carbocycles. The van der Waals surface area contributed by atoms with E-state index in [-0.39, 0.29) is 18.0 Å². The van der Waals surface area contributed by atoms with Gasteiger partial charge >= 0.3 is 6.03 Å². The van der Waals surface area contributed by atoms with Crippen molar-refractivity contribution < 1.29 is 9.59 Å². The predicted octanol–water partition coefficient (Wildman–Crippen LogP) is 1.79. The average molecular weight is 388 g/mol. The van der Waals surface area contributed by atoms with Crippen LogP contribution in [-0.2, 0) is 11.3 Å². The zero-order valence-electron chi connectivity index (χ0n) is 15.5. The van der Waals surface area contributed by atoms with Gasteiger partial charge in [-0.25, -0.2) is 9.78 Å². The summed E-state index contributed by atoms with van der Waals surface area (Å²) in [6.07, 6.45) is 2.20. The lowest BCUT2D eigenvalue weighted by atomic mass is 10.2. The SMILES string of the molecule is CC(C(=O)NC1CC1)N1CCN(C(=O)NCc2nc3ccccc3s2)CC1. The van der Waals surface area contributed by atoms with E-state index in [0.717, 1.165) is 28.1 Å². The molecule has 1 aromatic heterocycles. The highest BCUT2D eigenvalue weighted by atomic mass is 32.1. The Bertz CT molecular complexity index is 793. The van der Waals surface area contributed by atoms with Gasteiger partial charge in [-0.3, -0.25) is 9.69 Å². The minimum atomic E-state index is -0.140. The first-order valence-electron chi connectivity index (χ1n) is 9.52. The lowest BCUT2D eigenvalue weighted by molar-refractivity contribution is -0.126. The van der Waals surface area contributed by atoms with Crippen LogP contribution in [0.2, 0.25) is 0 Å². The Morgan fingerprint density at radius 2 is 1.96 bits per heavy atom. The van der Waals surface area contributed by atoms with Gasteiger partial charge in [-0.1, -0.05) is 12.1 Å². The molecule has 3 amide bonds. The molecule has 2 heterocycles. The number of carbonyl (C=O) groups is 2. The molecule has 0 bridgehead atoms. The third-order valence-corrected chi connectivity index (χ3v) is 6.22. The second kappa shape index (κ2) is 7.82. The molecule has 1 saturated carbocycles. The number of urea groups is 1. The van der Waals surface area contributed by atoms with Crippen LogP contribution in [0.15, 0.2) is 24.3 Å². The lowest BCUT2D eigenvalue weighted by Gasteiger charge is -2.37. The highest BCUT2D eigenvalue weighted by Gasteiger charge is 2.30. The summed E-state index contributed by atoms with van der Waals surface area (Å²) in [5.41, 5.74) is 0.971. The largest absolute Gasteiger partial charge is 0.352 e. The molecule has 0 radical (unpaired) electrons. The summed E-state index contributed by atoms with van der Waals surface area (Å²) < 4.78 is 1.13. The number of rotatable bonds is 5. The normalized spacial score (nSPS) is 19.1. The Morgan fingerprint density at radius 3 is 2.67 bits per heavy atom. The molecule has 1 aliphatic heterocycles. The molecule has 144 valence electrons. The second-order valence-electron chi connectivity index (χ2n) is 7.22. The third-order valence-electron chi connectivity index (χ3n) is 5.18. The summed E-state index contributed by atoms with van der Waals surface area (Å²) in [5, 5.41) is 6.93. The van der Waals surface area contributed by atoms with E-state index >= 15 is 0 Å². The Balaban J connectivity index is 1.23. The van der Waals surface area contributed by atoms with Crippen molar-refractivity contribution in [3.8, 4) is 0 Å².